The molecule has 1 unspecified atom stereocenters. The first-order valence-corrected chi connectivity index (χ1v) is 6.89. The second-order valence-corrected chi connectivity index (χ2v) is 5.17. The molecule has 2 N–H and O–H groups in total. The second kappa shape index (κ2) is 8.00. The van der Waals surface area contributed by atoms with Gasteiger partial charge in [0.25, 0.3) is 0 Å². The third-order valence-electron chi connectivity index (χ3n) is 3.67. The lowest BCUT2D eigenvalue weighted by atomic mass is 10.1. The number of amides is 1. The molecule has 2 atom stereocenters. The lowest BCUT2D eigenvalue weighted by Gasteiger charge is -2.22. The summed E-state index contributed by atoms with van der Waals surface area (Å²) in [5.74, 6) is -0.971. The van der Waals surface area contributed by atoms with Gasteiger partial charge in [-0.2, -0.15) is 0 Å². The van der Waals surface area contributed by atoms with Crippen LogP contribution in [0, 0.1) is 0 Å². The molecule has 21 heavy (non-hydrogen) atoms. The van der Waals surface area contributed by atoms with Gasteiger partial charge in [-0.15, -0.1) is 12.4 Å². The molecule has 1 heterocycles. The quantitative estimate of drug-likeness (QED) is 0.870. The molecular weight excluding hydrogens is 292 g/mol. The predicted octanol–water partition coefficient (Wildman–Crippen LogP) is 1.83. The first kappa shape index (κ1) is 17.5. The highest BCUT2D eigenvalue weighted by Crippen LogP contribution is 2.17. The number of carbonyl (C=O) groups excluding carboxylic acids is 1. The number of nitrogens with zero attached hydrogens (tertiary/aromatic N) is 1. The number of benzene rings is 1. The van der Waals surface area contributed by atoms with Crippen LogP contribution in [0.4, 0.5) is 0 Å². The maximum absolute atomic E-state index is 12.0. The number of carboxylic acid groups (broad SMARTS) is 1. The van der Waals surface area contributed by atoms with E-state index in [1.54, 1.807) is 4.90 Å². The van der Waals surface area contributed by atoms with Gasteiger partial charge < -0.3 is 10.4 Å². The fraction of sp³-hybridized carbons (Fsp3) is 0.467. The van der Waals surface area contributed by atoms with Crippen LogP contribution in [-0.2, 0) is 9.59 Å². The predicted molar refractivity (Wildman–Crippen MR) is 82.5 cm³/mol. The van der Waals surface area contributed by atoms with Crippen molar-refractivity contribution < 1.29 is 14.7 Å². The Labute approximate surface area is 130 Å². The van der Waals surface area contributed by atoms with Crippen molar-refractivity contribution in [1.29, 1.82) is 0 Å². The average Bonchev–Trinajstić information content (AvgIpc) is 2.87. The zero-order valence-electron chi connectivity index (χ0n) is 12.0. The summed E-state index contributed by atoms with van der Waals surface area (Å²) in [4.78, 5) is 24.8. The summed E-state index contributed by atoms with van der Waals surface area (Å²) in [6, 6.07) is 9.11. The Morgan fingerprint density at radius 2 is 2.05 bits per heavy atom. The topological polar surface area (TPSA) is 69.6 Å². The maximum atomic E-state index is 12.0. The van der Waals surface area contributed by atoms with Crippen molar-refractivity contribution in [3.05, 3.63) is 35.9 Å². The summed E-state index contributed by atoms with van der Waals surface area (Å²) in [6.07, 6.45) is 1.45. The number of nitrogens with one attached hydrogen (secondary N) is 1. The summed E-state index contributed by atoms with van der Waals surface area (Å²) in [5, 5.41) is 12.0. The van der Waals surface area contributed by atoms with Crippen molar-refractivity contribution in [1.82, 2.24) is 10.2 Å². The molecule has 0 radical (unpaired) electrons. The Morgan fingerprint density at radius 1 is 1.38 bits per heavy atom. The van der Waals surface area contributed by atoms with E-state index >= 15 is 0 Å². The minimum Gasteiger partial charge on any atom is -0.480 e. The van der Waals surface area contributed by atoms with Crippen molar-refractivity contribution >= 4 is 24.3 Å². The van der Waals surface area contributed by atoms with Crippen LogP contribution in [-0.4, -0.2) is 41.0 Å². The van der Waals surface area contributed by atoms with Gasteiger partial charge in [0.05, 0.1) is 12.6 Å². The van der Waals surface area contributed by atoms with Crippen molar-refractivity contribution in [2.45, 2.75) is 31.8 Å². The van der Waals surface area contributed by atoms with Crippen LogP contribution in [0.3, 0.4) is 0 Å². The van der Waals surface area contributed by atoms with Crippen LogP contribution in [0.1, 0.15) is 31.4 Å². The smallest absolute Gasteiger partial charge is 0.320 e. The van der Waals surface area contributed by atoms with Gasteiger partial charge in [-0.05, 0) is 31.9 Å². The monoisotopic (exact) mass is 312 g/mol. The number of hydrogen-bond donors (Lipinski definition) is 2. The summed E-state index contributed by atoms with van der Waals surface area (Å²) in [6.45, 7) is 2.74. The van der Waals surface area contributed by atoms with Gasteiger partial charge in [0.2, 0.25) is 5.91 Å². The third-order valence-corrected chi connectivity index (χ3v) is 3.67. The van der Waals surface area contributed by atoms with Crippen LogP contribution >= 0.6 is 12.4 Å². The molecule has 1 aliphatic rings. The highest BCUT2D eigenvalue weighted by Gasteiger charge is 2.31. The highest BCUT2D eigenvalue weighted by atomic mass is 35.5. The van der Waals surface area contributed by atoms with Crippen LogP contribution in [0.5, 0.6) is 0 Å². The standard InChI is InChI=1S/C15H20N2O3.ClH/c1-11(12-6-3-2-4-7-12)16-14(18)10-17-9-5-8-13(17)15(19)20;/h2-4,6-7,11,13H,5,8-10H2,1H3,(H,16,18)(H,19,20);1H/t11?,13-;/m0./s1. The third kappa shape index (κ3) is 4.72. The lowest BCUT2D eigenvalue weighted by molar-refractivity contribution is -0.142. The van der Waals surface area contributed by atoms with E-state index in [0.29, 0.717) is 13.0 Å². The van der Waals surface area contributed by atoms with Crippen molar-refractivity contribution in [3.63, 3.8) is 0 Å². The Balaban J connectivity index is 0.00000220. The molecule has 6 heteroatoms. The van der Waals surface area contributed by atoms with E-state index in [0.717, 1.165) is 12.0 Å². The summed E-state index contributed by atoms with van der Waals surface area (Å²) >= 11 is 0. The molecule has 1 aromatic rings. The normalized spacial score (nSPS) is 19.6. The van der Waals surface area contributed by atoms with E-state index in [1.165, 1.54) is 0 Å². The van der Waals surface area contributed by atoms with E-state index in [-0.39, 0.29) is 30.9 Å². The summed E-state index contributed by atoms with van der Waals surface area (Å²) in [5.41, 5.74) is 1.04. The van der Waals surface area contributed by atoms with Crippen molar-refractivity contribution in [2.24, 2.45) is 0 Å². The van der Waals surface area contributed by atoms with Gasteiger partial charge in [-0.3, -0.25) is 14.5 Å². The van der Waals surface area contributed by atoms with E-state index in [1.807, 2.05) is 37.3 Å². The average molecular weight is 313 g/mol. The van der Waals surface area contributed by atoms with Crippen molar-refractivity contribution in [3.8, 4) is 0 Å². The fourth-order valence-electron chi connectivity index (χ4n) is 2.59. The van der Waals surface area contributed by atoms with E-state index in [2.05, 4.69) is 5.32 Å². The first-order chi connectivity index (χ1) is 9.58. The van der Waals surface area contributed by atoms with Gasteiger partial charge in [0, 0.05) is 0 Å². The van der Waals surface area contributed by atoms with Gasteiger partial charge in [0.15, 0.2) is 0 Å². The Kier molecular flexibility index (Phi) is 6.65. The molecule has 2 rings (SSSR count). The van der Waals surface area contributed by atoms with E-state index < -0.39 is 12.0 Å². The number of aliphatic carboxylic acids is 1. The summed E-state index contributed by atoms with van der Waals surface area (Å²) < 4.78 is 0. The Morgan fingerprint density at radius 3 is 2.67 bits per heavy atom. The molecule has 1 fully saturated rings. The molecule has 1 aromatic carbocycles. The molecular formula is C15H21ClN2O3. The fourth-order valence-corrected chi connectivity index (χ4v) is 2.59. The molecule has 1 aliphatic heterocycles. The zero-order valence-corrected chi connectivity index (χ0v) is 12.8. The van der Waals surface area contributed by atoms with Crippen LogP contribution in [0.25, 0.3) is 0 Å². The van der Waals surface area contributed by atoms with Crippen LogP contribution in [0.2, 0.25) is 0 Å². The number of rotatable bonds is 5. The largest absolute Gasteiger partial charge is 0.480 e. The molecule has 1 saturated heterocycles. The summed E-state index contributed by atoms with van der Waals surface area (Å²) in [7, 11) is 0. The van der Waals surface area contributed by atoms with Gasteiger partial charge in [-0.25, -0.2) is 0 Å². The Bertz CT molecular complexity index is 481. The molecule has 5 nitrogen and oxygen atoms in total. The number of carbonyl (C=O) groups is 2. The van der Waals surface area contributed by atoms with Gasteiger partial charge in [-0.1, -0.05) is 30.3 Å². The Hall–Kier alpha value is -1.59. The number of carboxylic acids is 1. The highest BCUT2D eigenvalue weighted by molar-refractivity contribution is 5.85. The SMILES string of the molecule is CC(NC(=O)CN1CCC[C@H]1C(=O)O)c1ccccc1.Cl. The first-order valence-electron chi connectivity index (χ1n) is 6.89. The minimum atomic E-state index is -0.841. The number of halogens is 1. The van der Waals surface area contributed by atoms with Crippen LogP contribution < -0.4 is 5.32 Å². The van der Waals surface area contributed by atoms with E-state index in [9.17, 15) is 9.59 Å². The number of likely N-dealkylation sites (tertiary alicyclic amines) is 1. The molecule has 0 saturated carbocycles. The second-order valence-electron chi connectivity index (χ2n) is 5.17. The van der Waals surface area contributed by atoms with E-state index in [4.69, 9.17) is 5.11 Å². The van der Waals surface area contributed by atoms with Crippen molar-refractivity contribution in [2.75, 3.05) is 13.1 Å². The maximum Gasteiger partial charge on any atom is 0.320 e. The van der Waals surface area contributed by atoms with Gasteiger partial charge in [0.1, 0.15) is 6.04 Å². The van der Waals surface area contributed by atoms with Gasteiger partial charge >= 0.3 is 5.97 Å². The molecule has 0 aromatic heterocycles. The lowest BCUT2D eigenvalue weighted by Crippen LogP contribution is -2.43. The molecule has 0 aliphatic carbocycles. The van der Waals surface area contributed by atoms with Crippen LogP contribution in [0.15, 0.2) is 30.3 Å². The molecule has 1 amide bonds. The molecule has 0 spiro atoms. The zero-order chi connectivity index (χ0) is 14.5. The molecule has 116 valence electrons. The minimum absolute atomic E-state index is 0. The molecule has 0 bridgehead atoms. The number of hydrogen-bond acceptors (Lipinski definition) is 3.